The van der Waals surface area contributed by atoms with Crippen LogP contribution in [0.25, 0.3) is 0 Å². The number of nitrogens with zero attached hydrogens (tertiary/aromatic N) is 1. The van der Waals surface area contributed by atoms with Gasteiger partial charge in [-0.2, -0.15) is 0 Å². The van der Waals surface area contributed by atoms with E-state index in [2.05, 4.69) is 0 Å². The molecule has 22 heavy (non-hydrogen) atoms. The minimum absolute atomic E-state index is 0.0865. The summed E-state index contributed by atoms with van der Waals surface area (Å²) in [4.78, 5) is 14.5. The zero-order chi connectivity index (χ0) is 15.2. The minimum atomic E-state index is -0.186. The van der Waals surface area contributed by atoms with Crippen LogP contribution in [-0.2, 0) is 27.4 Å². The predicted molar refractivity (Wildman–Crippen MR) is 79.6 cm³/mol. The maximum Gasteiger partial charge on any atom is 0.254 e. The molecule has 3 heterocycles. The van der Waals surface area contributed by atoms with Crippen molar-refractivity contribution in [2.45, 2.75) is 37.8 Å². The second kappa shape index (κ2) is 5.33. The van der Waals surface area contributed by atoms with Crippen LogP contribution in [0.15, 0.2) is 18.2 Å². The molecule has 5 heteroatoms. The highest BCUT2D eigenvalue weighted by molar-refractivity contribution is 5.95. The Morgan fingerprint density at radius 1 is 1.32 bits per heavy atom. The van der Waals surface area contributed by atoms with Gasteiger partial charge in [0.05, 0.1) is 32.4 Å². The predicted octanol–water partition coefficient (Wildman–Crippen LogP) is 1.74. The molecule has 1 spiro atoms. The number of rotatable bonds is 2. The first-order chi connectivity index (χ1) is 10.7. The van der Waals surface area contributed by atoms with Gasteiger partial charge in [0.15, 0.2) is 0 Å². The number of fused-ring (bicyclic) bond motifs is 1. The molecule has 4 rings (SSSR count). The van der Waals surface area contributed by atoms with Crippen LogP contribution in [0.5, 0.6) is 0 Å². The number of carbonyl (C=O) groups excluding carboxylic acids is 1. The van der Waals surface area contributed by atoms with Crippen LogP contribution in [0.3, 0.4) is 0 Å². The fourth-order valence-electron chi connectivity index (χ4n) is 3.68. The van der Waals surface area contributed by atoms with Gasteiger partial charge in [0.1, 0.15) is 5.60 Å². The molecular weight excluding hydrogens is 282 g/mol. The maximum atomic E-state index is 12.6. The Balaban J connectivity index is 1.43. The topological polar surface area (TPSA) is 48.0 Å². The molecule has 0 aromatic heterocycles. The maximum absolute atomic E-state index is 12.6. The van der Waals surface area contributed by atoms with Crippen LogP contribution in [0.4, 0.5) is 0 Å². The molecule has 5 nitrogen and oxygen atoms in total. The fraction of sp³-hybridized carbons (Fsp3) is 0.588. The number of benzene rings is 1. The molecule has 1 atom stereocenters. The molecule has 0 unspecified atom stereocenters. The normalized spacial score (nSPS) is 25.9. The first-order valence-electron chi connectivity index (χ1n) is 7.85. The van der Waals surface area contributed by atoms with E-state index in [1.165, 1.54) is 5.56 Å². The lowest BCUT2D eigenvalue weighted by Crippen LogP contribution is -2.67. The van der Waals surface area contributed by atoms with E-state index >= 15 is 0 Å². The molecule has 0 bridgehead atoms. The second-order valence-electron chi connectivity index (χ2n) is 6.52. The molecule has 1 amide bonds. The molecule has 118 valence electrons. The van der Waals surface area contributed by atoms with E-state index in [9.17, 15) is 4.79 Å². The van der Waals surface area contributed by atoms with E-state index in [0.29, 0.717) is 26.3 Å². The Kier molecular flexibility index (Phi) is 3.44. The Bertz CT molecular complexity index is 594. The van der Waals surface area contributed by atoms with Crippen molar-refractivity contribution in [1.29, 1.82) is 0 Å². The number of methoxy groups -OCH3 is 1. The second-order valence-corrected chi connectivity index (χ2v) is 6.52. The molecule has 0 aliphatic carbocycles. The first kappa shape index (κ1) is 14.2. The number of hydrogen-bond donors (Lipinski definition) is 0. The van der Waals surface area contributed by atoms with E-state index in [4.69, 9.17) is 14.2 Å². The van der Waals surface area contributed by atoms with Gasteiger partial charge in [-0.05, 0) is 29.7 Å². The number of ether oxygens (including phenoxy) is 3. The van der Waals surface area contributed by atoms with Gasteiger partial charge in [0.2, 0.25) is 0 Å². The molecule has 3 aliphatic rings. The van der Waals surface area contributed by atoms with Crippen molar-refractivity contribution < 1.29 is 19.0 Å². The summed E-state index contributed by atoms with van der Waals surface area (Å²) in [6.07, 6.45) is 2.07. The molecule has 0 saturated carbocycles. The Labute approximate surface area is 130 Å². The lowest BCUT2D eigenvalue weighted by molar-refractivity contribution is -0.181. The average molecular weight is 303 g/mol. The van der Waals surface area contributed by atoms with Crippen molar-refractivity contribution in [3.8, 4) is 0 Å². The van der Waals surface area contributed by atoms with Gasteiger partial charge < -0.3 is 19.1 Å². The average Bonchev–Trinajstić information content (AvgIpc) is 2.99. The summed E-state index contributed by atoms with van der Waals surface area (Å²) in [6, 6.07) is 5.87. The zero-order valence-corrected chi connectivity index (χ0v) is 12.8. The van der Waals surface area contributed by atoms with Crippen LogP contribution in [-0.4, -0.2) is 49.3 Å². The van der Waals surface area contributed by atoms with Crippen LogP contribution < -0.4 is 0 Å². The van der Waals surface area contributed by atoms with Gasteiger partial charge in [-0.1, -0.05) is 6.07 Å². The van der Waals surface area contributed by atoms with Gasteiger partial charge in [-0.3, -0.25) is 4.79 Å². The highest BCUT2D eigenvalue weighted by atomic mass is 16.5. The third-order valence-corrected chi connectivity index (χ3v) is 4.99. The third kappa shape index (κ3) is 2.33. The van der Waals surface area contributed by atoms with Crippen molar-refractivity contribution in [3.63, 3.8) is 0 Å². The van der Waals surface area contributed by atoms with Crippen LogP contribution in [0, 0.1) is 0 Å². The molecule has 2 fully saturated rings. The van der Waals surface area contributed by atoms with Crippen LogP contribution >= 0.6 is 0 Å². The molecule has 0 radical (unpaired) electrons. The fourth-order valence-corrected chi connectivity index (χ4v) is 3.68. The van der Waals surface area contributed by atoms with Crippen molar-refractivity contribution in [2.75, 3.05) is 26.8 Å². The molecule has 1 aromatic carbocycles. The summed E-state index contributed by atoms with van der Waals surface area (Å²) in [5, 5.41) is 0. The zero-order valence-electron chi connectivity index (χ0n) is 12.8. The van der Waals surface area contributed by atoms with E-state index in [-0.39, 0.29) is 17.6 Å². The summed E-state index contributed by atoms with van der Waals surface area (Å²) in [7, 11) is 1.75. The van der Waals surface area contributed by atoms with Crippen LogP contribution in [0.2, 0.25) is 0 Å². The highest BCUT2D eigenvalue weighted by Gasteiger charge is 2.49. The van der Waals surface area contributed by atoms with E-state index in [1.807, 2.05) is 23.1 Å². The van der Waals surface area contributed by atoms with Crippen LogP contribution in [0.1, 0.15) is 34.3 Å². The molecule has 2 saturated heterocycles. The number of carbonyl (C=O) groups is 1. The quantitative estimate of drug-likeness (QED) is 0.835. The van der Waals surface area contributed by atoms with Gasteiger partial charge in [0.25, 0.3) is 5.91 Å². The Morgan fingerprint density at radius 2 is 2.14 bits per heavy atom. The van der Waals surface area contributed by atoms with Gasteiger partial charge in [-0.15, -0.1) is 0 Å². The molecule has 3 aliphatic heterocycles. The van der Waals surface area contributed by atoms with Crippen molar-refractivity contribution >= 4 is 5.91 Å². The number of likely N-dealkylation sites (tertiary alicyclic amines) is 1. The summed E-state index contributed by atoms with van der Waals surface area (Å²) >= 11 is 0. The van der Waals surface area contributed by atoms with Crippen molar-refractivity contribution in [1.82, 2.24) is 4.90 Å². The molecule has 0 N–H and O–H groups in total. The van der Waals surface area contributed by atoms with Gasteiger partial charge in [-0.25, -0.2) is 0 Å². The largest absolute Gasteiger partial charge is 0.381 e. The summed E-state index contributed by atoms with van der Waals surface area (Å²) in [5.41, 5.74) is 2.89. The summed E-state index contributed by atoms with van der Waals surface area (Å²) in [5.74, 6) is 0.0865. The number of hydrogen-bond acceptors (Lipinski definition) is 4. The summed E-state index contributed by atoms with van der Waals surface area (Å²) in [6.45, 7) is 3.32. The Hall–Kier alpha value is -1.43. The molecule has 1 aromatic rings. The van der Waals surface area contributed by atoms with Crippen molar-refractivity contribution in [2.24, 2.45) is 0 Å². The monoisotopic (exact) mass is 303 g/mol. The standard InChI is InChI=1S/C17H21NO4/c1-20-15-4-5-22-17(7-15)10-18(11-17)16(19)12-2-3-13-8-21-9-14(13)6-12/h2-3,6,15H,4-5,7-11H2,1H3/t15-/m1/s1. The molecular formula is C17H21NO4. The van der Waals surface area contributed by atoms with E-state index in [0.717, 1.165) is 30.6 Å². The van der Waals surface area contributed by atoms with Gasteiger partial charge >= 0.3 is 0 Å². The minimum Gasteiger partial charge on any atom is -0.381 e. The lowest BCUT2D eigenvalue weighted by atomic mass is 9.84. The van der Waals surface area contributed by atoms with E-state index < -0.39 is 0 Å². The van der Waals surface area contributed by atoms with Crippen molar-refractivity contribution in [3.05, 3.63) is 34.9 Å². The summed E-state index contributed by atoms with van der Waals surface area (Å²) < 4.78 is 16.8. The van der Waals surface area contributed by atoms with E-state index in [1.54, 1.807) is 7.11 Å². The number of amides is 1. The highest BCUT2D eigenvalue weighted by Crippen LogP contribution is 2.36. The lowest BCUT2D eigenvalue weighted by Gasteiger charge is -2.52. The Morgan fingerprint density at radius 3 is 2.95 bits per heavy atom. The first-order valence-corrected chi connectivity index (χ1v) is 7.85. The smallest absolute Gasteiger partial charge is 0.254 e. The SMILES string of the molecule is CO[C@@H]1CCOC2(C1)CN(C(=O)c1ccc3c(c1)COC3)C2. The third-order valence-electron chi connectivity index (χ3n) is 4.99. The van der Waals surface area contributed by atoms with Gasteiger partial charge in [0, 0.05) is 25.7 Å².